The Morgan fingerprint density at radius 3 is 2.55 bits per heavy atom. The first-order valence-corrected chi connectivity index (χ1v) is 6.87. The van der Waals surface area contributed by atoms with E-state index in [0.29, 0.717) is 6.04 Å². The van der Waals surface area contributed by atoms with Gasteiger partial charge < -0.3 is 5.32 Å². The third-order valence-electron chi connectivity index (χ3n) is 3.19. The summed E-state index contributed by atoms with van der Waals surface area (Å²) in [5.74, 6) is 0. The van der Waals surface area contributed by atoms with Crippen molar-refractivity contribution in [3.63, 3.8) is 0 Å². The molecular weight excluding hydrogens is 274 g/mol. The summed E-state index contributed by atoms with van der Waals surface area (Å²) in [7, 11) is 0. The highest BCUT2D eigenvalue weighted by Gasteiger charge is 2.07. The lowest BCUT2D eigenvalue weighted by atomic mass is 10.2. The maximum Gasteiger partial charge on any atom is 0.0762 e. The van der Waals surface area contributed by atoms with Crippen LogP contribution in [-0.4, -0.2) is 19.6 Å². The van der Waals surface area contributed by atoms with Gasteiger partial charge in [-0.15, -0.1) is 12.4 Å². The molecule has 0 aromatic carbocycles. The van der Waals surface area contributed by atoms with E-state index in [2.05, 4.69) is 55.5 Å². The molecule has 0 aliphatic heterocycles. The van der Waals surface area contributed by atoms with E-state index in [0.717, 1.165) is 31.0 Å². The van der Waals surface area contributed by atoms with Gasteiger partial charge in [0.25, 0.3) is 0 Å². The molecular formula is C14H24ClN5. The first kappa shape index (κ1) is 16.7. The van der Waals surface area contributed by atoms with E-state index in [9.17, 15) is 0 Å². The minimum absolute atomic E-state index is 0. The maximum absolute atomic E-state index is 4.51. The Morgan fingerprint density at radius 1 is 1.25 bits per heavy atom. The molecule has 2 aromatic heterocycles. The van der Waals surface area contributed by atoms with Crippen LogP contribution in [0.3, 0.4) is 0 Å². The summed E-state index contributed by atoms with van der Waals surface area (Å²) in [6, 6.07) is 2.47. The van der Waals surface area contributed by atoms with Crippen molar-refractivity contribution in [1.82, 2.24) is 24.9 Å². The molecule has 2 rings (SSSR count). The molecule has 0 bridgehead atoms. The van der Waals surface area contributed by atoms with E-state index in [4.69, 9.17) is 0 Å². The van der Waals surface area contributed by atoms with Crippen LogP contribution < -0.4 is 5.32 Å². The molecule has 0 aliphatic carbocycles. The standard InChI is InChI=1S/C14H23N5.ClH/c1-5-18-7-6-14(17-18)9-15-8-13-10-19(11(2)3)16-12(13)4;/h6-7,10-11,15H,5,8-9H2,1-4H3;1H. The molecule has 0 spiro atoms. The minimum Gasteiger partial charge on any atom is -0.307 e. The molecule has 112 valence electrons. The van der Waals surface area contributed by atoms with Crippen molar-refractivity contribution in [1.29, 1.82) is 0 Å². The molecule has 0 radical (unpaired) electrons. The van der Waals surface area contributed by atoms with Gasteiger partial charge in [0.2, 0.25) is 0 Å². The van der Waals surface area contributed by atoms with E-state index in [-0.39, 0.29) is 12.4 Å². The molecule has 0 saturated carbocycles. The van der Waals surface area contributed by atoms with Gasteiger partial charge in [0.1, 0.15) is 0 Å². The highest BCUT2D eigenvalue weighted by molar-refractivity contribution is 5.85. The lowest BCUT2D eigenvalue weighted by Gasteiger charge is -2.03. The summed E-state index contributed by atoms with van der Waals surface area (Å²) < 4.78 is 3.96. The Kier molecular flexibility index (Phi) is 6.23. The van der Waals surface area contributed by atoms with E-state index in [1.54, 1.807) is 0 Å². The Hall–Kier alpha value is -1.33. The van der Waals surface area contributed by atoms with Crippen LogP contribution in [0.1, 0.15) is 43.8 Å². The number of hydrogen-bond donors (Lipinski definition) is 1. The van der Waals surface area contributed by atoms with Crippen LogP contribution in [0.5, 0.6) is 0 Å². The van der Waals surface area contributed by atoms with Gasteiger partial charge in [-0.2, -0.15) is 10.2 Å². The fourth-order valence-electron chi connectivity index (χ4n) is 1.96. The second-order valence-electron chi connectivity index (χ2n) is 5.08. The predicted octanol–water partition coefficient (Wildman–Crippen LogP) is 2.70. The summed E-state index contributed by atoms with van der Waals surface area (Å²) in [4.78, 5) is 0. The topological polar surface area (TPSA) is 47.7 Å². The van der Waals surface area contributed by atoms with Crippen LogP contribution in [0.2, 0.25) is 0 Å². The van der Waals surface area contributed by atoms with E-state index in [1.165, 1.54) is 5.56 Å². The summed E-state index contributed by atoms with van der Waals surface area (Å²) >= 11 is 0. The van der Waals surface area contributed by atoms with Crippen molar-refractivity contribution < 1.29 is 0 Å². The summed E-state index contributed by atoms with van der Waals surface area (Å²) in [5.41, 5.74) is 3.43. The maximum atomic E-state index is 4.51. The zero-order valence-corrected chi connectivity index (χ0v) is 13.4. The fourth-order valence-corrected chi connectivity index (χ4v) is 1.96. The van der Waals surface area contributed by atoms with Crippen LogP contribution in [0, 0.1) is 6.92 Å². The molecule has 0 saturated heterocycles. The van der Waals surface area contributed by atoms with Gasteiger partial charge in [-0.25, -0.2) is 0 Å². The van der Waals surface area contributed by atoms with Crippen molar-refractivity contribution in [3.05, 3.63) is 35.4 Å². The number of rotatable bonds is 6. The summed E-state index contributed by atoms with van der Waals surface area (Å²) in [6.07, 6.45) is 4.14. The molecule has 6 heteroatoms. The van der Waals surface area contributed by atoms with Crippen LogP contribution >= 0.6 is 12.4 Å². The SMILES string of the molecule is CCn1ccc(CNCc2cn(C(C)C)nc2C)n1.Cl. The number of hydrogen-bond acceptors (Lipinski definition) is 3. The Balaban J connectivity index is 0.00000200. The monoisotopic (exact) mass is 297 g/mol. The third kappa shape index (κ3) is 4.08. The van der Waals surface area contributed by atoms with Gasteiger partial charge in [0.05, 0.1) is 11.4 Å². The molecule has 0 fully saturated rings. The molecule has 1 N–H and O–H groups in total. The molecule has 0 amide bonds. The van der Waals surface area contributed by atoms with Crippen molar-refractivity contribution in [2.24, 2.45) is 0 Å². The molecule has 0 unspecified atom stereocenters. The normalized spacial score (nSPS) is 10.8. The fraction of sp³-hybridized carbons (Fsp3) is 0.571. The van der Waals surface area contributed by atoms with E-state index >= 15 is 0 Å². The third-order valence-corrected chi connectivity index (χ3v) is 3.19. The van der Waals surface area contributed by atoms with Gasteiger partial charge in [-0.05, 0) is 33.8 Å². The lowest BCUT2D eigenvalue weighted by molar-refractivity contribution is 0.528. The number of aromatic nitrogens is 4. The van der Waals surface area contributed by atoms with Crippen molar-refractivity contribution in [2.45, 2.75) is 53.4 Å². The van der Waals surface area contributed by atoms with Gasteiger partial charge >= 0.3 is 0 Å². The van der Waals surface area contributed by atoms with Crippen LogP contribution in [-0.2, 0) is 19.6 Å². The largest absolute Gasteiger partial charge is 0.307 e. The zero-order valence-electron chi connectivity index (χ0n) is 12.6. The number of nitrogens with zero attached hydrogens (tertiary/aromatic N) is 4. The second-order valence-corrected chi connectivity index (χ2v) is 5.08. The van der Waals surface area contributed by atoms with E-state index < -0.39 is 0 Å². The predicted molar refractivity (Wildman–Crippen MR) is 83.0 cm³/mol. The van der Waals surface area contributed by atoms with Gasteiger partial charge in [-0.3, -0.25) is 9.36 Å². The van der Waals surface area contributed by atoms with Crippen LogP contribution in [0.15, 0.2) is 18.5 Å². The first-order chi connectivity index (χ1) is 9.10. The van der Waals surface area contributed by atoms with E-state index in [1.807, 2.05) is 15.6 Å². The van der Waals surface area contributed by atoms with Crippen LogP contribution in [0.4, 0.5) is 0 Å². The number of nitrogens with one attached hydrogen (secondary N) is 1. The van der Waals surface area contributed by atoms with Crippen molar-refractivity contribution in [2.75, 3.05) is 0 Å². The summed E-state index contributed by atoms with van der Waals surface area (Å²) in [5, 5.41) is 12.4. The van der Waals surface area contributed by atoms with Crippen LogP contribution in [0.25, 0.3) is 0 Å². The molecule has 5 nitrogen and oxygen atoms in total. The van der Waals surface area contributed by atoms with Crippen molar-refractivity contribution >= 4 is 12.4 Å². The lowest BCUT2D eigenvalue weighted by Crippen LogP contribution is -2.13. The Labute approximate surface area is 126 Å². The highest BCUT2D eigenvalue weighted by Crippen LogP contribution is 2.10. The van der Waals surface area contributed by atoms with Gasteiger partial charge in [0, 0.05) is 43.6 Å². The first-order valence-electron chi connectivity index (χ1n) is 6.87. The molecule has 2 aromatic rings. The quantitative estimate of drug-likeness (QED) is 0.892. The molecule has 20 heavy (non-hydrogen) atoms. The average Bonchev–Trinajstić information content (AvgIpc) is 2.97. The van der Waals surface area contributed by atoms with Gasteiger partial charge in [0.15, 0.2) is 0 Å². The second kappa shape index (κ2) is 7.45. The van der Waals surface area contributed by atoms with Crippen molar-refractivity contribution in [3.8, 4) is 0 Å². The summed E-state index contributed by atoms with van der Waals surface area (Å²) in [6.45, 7) is 11.0. The Bertz CT molecular complexity index is 529. The molecule has 0 aliphatic rings. The Morgan fingerprint density at radius 2 is 2.00 bits per heavy atom. The number of aryl methyl sites for hydroxylation is 2. The average molecular weight is 298 g/mol. The molecule has 0 atom stereocenters. The molecule has 2 heterocycles. The zero-order chi connectivity index (χ0) is 13.8. The highest BCUT2D eigenvalue weighted by atomic mass is 35.5. The number of halogens is 1. The smallest absolute Gasteiger partial charge is 0.0762 e. The minimum atomic E-state index is 0. The van der Waals surface area contributed by atoms with Gasteiger partial charge in [-0.1, -0.05) is 0 Å².